The molecule has 6 nitrogen and oxygen atoms in total. The summed E-state index contributed by atoms with van der Waals surface area (Å²) in [7, 11) is 1.28. The summed E-state index contributed by atoms with van der Waals surface area (Å²) in [5.41, 5.74) is 5.41. The van der Waals surface area contributed by atoms with Gasteiger partial charge in [0.05, 0.1) is 13.0 Å². The van der Waals surface area contributed by atoms with E-state index in [4.69, 9.17) is 17.3 Å². The molecule has 0 aliphatic carbocycles. The number of carbonyl (C=O) groups excluding carboxylic acids is 2. The van der Waals surface area contributed by atoms with Gasteiger partial charge >= 0.3 is 5.97 Å². The second-order valence-electron chi connectivity index (χ2n) is 3.43. The van der Waals surface area contributed by atoms with Gasteiger partial charge in [-0.3, -0.25) is 9.79 Å². The van der Waals surface area contributed by atoms with E-state index in [0.29, 0.717) is 25.2 Å². The van der Waals surface area contributed by atoms with Gasteiger partial charge in [0.15, 0.2) is 0 Å². The highest BCUT2D eigenvalue weighted by Crippen LogP contribution is 2.00. The van der Waals surface area contributed by atoms with Crippen LogP contribution in [0.25, 0.3) is 0 Å². The van der Waals surface area contributed by atoms with Gasteiger partial charge in [-0.25, -0.2) is 4.79 Å². The van der Waals surface area contributed by atoms with Gasteiger partial charge in [-0.1, -0.05) is 0 Å². The van der Waals surface area contributed by atoms with E-state index in [2.05, 4.69) is 15.0 Å². The van der Waals surface area contributed by atoms with Gasteiger partial charge < -0.3 is 15.8 Å². The number of halogens is 1. The molecule has 0 aromatic heterocycles. The first-order chi connectivity index (χ1) is 8.01. The van der Waals surface area contributed by atoms with E-state index in [1.807, 2.05) is 0 Å². The lowest BCUT2D eigenvalue weighted by molar-refractivity contribution is -0.145. The van der Waals surface area contributed by atoms with Crippen LogP contribution in [0.5, 0.6) is 0 Å². The summed E-state index contributed by atoms with van der Waals surface area (Å²) in [5.74, 6) is -0.189. The maximum atomic E-state index is 11.3. The fourth-order valence-electron chi connectivity index (χ4n) is 1.20. The molecule has 0 unspecified atom stereocenters. The monoisotopic (exact) mass is 263 g/mol. The predicted octanol–water partition coefficient (Wildman–Crippen LogP) is 0.0403. The smallest absolute Gasteiger partial charge is 0.328 e. The molecule has 0 saturated carbocycles. The molecule has 0 aromatic carbocycles. The standard InChI is InChI=1S/C10H18ClN3O3/c1-7(15)14-8(10(16)17-2)4-3-5-13-9(12)6-11/h8H,3-6H2,1-2H3,(H2,12,13)(H,14,15)/t8-/m0/s1. The summed E-state index contributed by atoms with van der Waals surface area (Å²) in [6, 6.07) is -0.634. The normalized spacial score (nSPS) is 13.0. The van der Waals surface area contributed by atoms with Gasteiger partial charge in [0.2, 0.25) is 5.91 Å². The van der Waals surface area contributed by atoms with E-state index in [0.717, 1.165) is 0 Å². The lowest BCUT2D eigenvalue weighted by Gasteiger charge is -2.14. The molecule has 98 valence electrons. The number of amidine groups is 1. The first kappa shape index (κ1) is 15.7. The van der Waals surface area contributed by atoms with Gasteiger partial charge in [0, 0.05) is 13.5 Å². The highest BCUT2D eigenvalue weighted by Gasteiger charge is 2.19. The van der Waals surface area contributed by atoms with E-state index < -0.39 is 12.0 Å². The average Bonchev–Trinajstić information content (AvgIpc) is 2.31. The van der Waals surface area contributed by atoms with Crippen molar-refractivity contribution in [2.45, 2.75) is 25.8 Å². The number of amides is 1. The fourth-order valence-corrected chi connectivity index (χ4v) is 1.28. The Labute approximate surface area is 106 Å². The lowest BCUT2D eigenvalue weighted by Crippen LogP contribution is -2.40. The van der Waals surface area contributed by atoms with Gasteiger partial charge in [-0.2, -0.15) is 0 Å². The van der Waals surface area contributed by atoms with Crippen LogP contribution in [0, 0.1) is 0 Å². The maximum absolute atomic E-state index is 11.3. The van der Waals surface area contributed by atoms with Crippen LogP contribution in [0.2, 0.25) is 0 Å². The van der Waals surface area contributed by atoms with E-state index in [1.54, 1.807) is 0 Å². The number of nitrogens with one attached hydrogen (secondary N) is 1. The molecule has 0 aromatic rings. The zero-order chi connectivity index (χ0) is 13.3. The SMILES string of the molecule is COC(=O)[C@H](CCCN=C(N)CCl)NC(C)=O. The number of nitrogens with two attached hydrogens (primary N) is 1. The number of alkyl halides is 1. The van der Waals surface area contributed by atoms with E-state index in [9.17, 15) is 9.59 Å². The van der Waals surface area contributed by atoms with E-state index in [1.165, 1.54) is 14.0 Å². The van der Waals surface area contributed by atoms with Gasteiger partial charge in [0.1, 0.15) is 11.9 Å². The molecule has 0 heterocycles. The molecule has 3 N–H and O–H groups in total. The van der Waals surface area contributed by atoms with Crippen LogP contribution < -0.4 is 11.1 Å². The fraction of sp³-hybridized carbons (Fsp3) is 0.700. The molecule has 17 heavy (non-hydrogen) atoms. The third kappa shape index (κ3) is 7.57. The van der Waals surface area contributed by atoms with Crippen LogP contribution >= 0.6 is 11.6 Å². The van der Waals surface area contributed by atoms with Crippen LogP contribution in [0.15, 0.2) is 4.99 Å². The number of rotatable bonds is 7. The molecule has 0 rings (SSSR count). The minimum absolute atomic E-state index is 0.187. The van der Waals surface area contributed by atoms with Crippen molar-refractivity contribution in [1.29, 1.82) is 0 Å². The maximum Gasteiger partial charge on any atom is 0.328 e. The Morgan fingerprint density at radius 2 is 2.18 bits per heavy atom. The van der Waals surface area contributed by atoms with Gasteiger partial charge in [-0.15, -0.1) is 11.6 Å². The Kier molecular flexibility index (Phi) is 8.13. The number of methoxy groups -OCH3 is 1. The van der Waals surface area contributed by atoms with Crippen LogP contribution in [-0.4, -0.2) is 43.3 Å². The largest absolute Gasteiger partial charge is 0.467 e. The molecule has 0 bridgehead atoms. The minimum Gasteiger partial charge on any atom is -0.467 e. The molecule has 7 heteroatoms. The van der Waals surface area contributed by atoms with E-state index in [-0.39, 0.29) is 11.8 Å². The molecule has 0 saturated heterocycles. The number of carbonyl (C=O) groups is 2. The molecule has 1 amide bonds. The highest BCUT2D eigenvalue weighted by atomic mass is 35.5. The number of ether oxygens (including phenoxy) is 1. The summed E-state index contributed by atoms with van der Waals surface area (Å²) in [5, 5.41) is 2.51. The van der Waals surface area contributed by atoms with Crippen molar-refractivity contribution in [3.05, 3.63) is 0 Å². The van der Waals surface area contributed by atoms with Crippen molar-refractivity contribution in [2.24, 2.45) is 10.7 Å². The summed E-state index contributed by atoms with van der Waals surface area (Å²) in [4.78, 5) is 26.2. The molecule has 0 spiro atoms. The Morgan fingerprint density at radius 3 is 2.65 bits per heavy atom. The summed E-state index contributed by atoms with van der Waals surface area (Å²) in [6.07, 6.45) is 1.06. The molecule has 0 aliphatic rings. The quantitative estimate of drug-likeness (QED) is 0.223. The number of hydrogen-bond donors (Lipinski definition) is 2. The Hall–Kier alpha value is -1.30. The van der Waals surface area contributed by atoms with Gasteiger partial charge in [-0.05, 0) is 12.8 Å². The second-order valence-corrected chi connectivity index (χ2v) is 3.69. The zero-order valence-electron chi connectivity index (χ0n) is 10.0. The van der Waals surface area contributed by atoms with Crippen LogP contribution in [0.4, 0.5) is 0 Å². The number of aliphatic imine (C=N–C) groups is 1. The molecular formula is C10H18ClN3O3. The second kappa shape index (κ2) is 8.81. The summed E-state index contributed by atoms with van der Waals surface area (Å²) >= 11 is 5.45. The first-order valence-electron chi connectivity index (χ1n) is 5.21. The summed E-state index contributed by atoms with van der Waals surface area (Å²) in [6.45, 7) is 1.81. The predicted molar refractivity (Wildman–Crippen MR) is 66.1 cm³/mol. The van der Waals surface area contributed by atoms with Crippen LogP contribution in [-0.2, 0) is 14.3 Å². The van der Waals surface area contributed by atoms with Crippen molar-refractivity contribution in [1.82, 2.24) is 5.32 Å². The Bertz CT molecular complexity index is 295. The Morgan fingerprint density at radius 1 is 1.53 bits per heavy atom. The van der Waals surface area contributed by atoms with Gasteiger partial charge in [0.25, 0.3) is 0 Å². The van der Waals surface area contributed by atoms with Crippen molar-refractivity contribution >= 4 is 29.3 Å². The zero-order valence-corrected chi connectivity index (χ0v) is 10.8. The van der Waals surface area contributed by atoms with Crippen molar-refractivity contribution in [3.8, 4) is 0 Å². The lowest BCUT2D eigenvalue weighted by atomic mass is 10.1. The van der Waals surface area contributed by atoms with Crippen LogP contribution in [0.1, 0.15) is 19.8 Å². The molecule has 0 aliphatic heterocycles. The van der Waals surface area contributed by atoms with E-state index >= 15 is 0 Å². The first-order valence-corrected chi connectivity index (χ1v) is 5.74. The third-order valence-corrected chi connectivity index (χ3v) is 2.24. The average molecular weight is 264 g/mol. The number of hydrogen-bond acceptors (Lipinski definition) is 4. The molecular weight excluding hydrogens is 246 g/mol. The Balaban J connectivity index is 4.08. The molecule has 0 radical (unpaired) electrons. The highest BCUT2D eigenvalue weighted by molar-refractivity contribution is 6.27. The molecule has 1 atom stereocenters. The van der Waals surface area contributed by atoms with Crippen molar-refractivity contribution in [3.63, 3.8) is 0 Å². The number of nitrogens with zero attached hydrogens (tertiary/aromatic N) is 1. The topological polar surface area (TPSA) is 93.8 Å². The molecule has 0 fully saturated rings. The number of esters is 1. The minimum atomic E-state index is -0.634. The van der Waals surface area contributed by atoms with Crippen molar-refractivity contribution < 1.29 is 14.3 Å². The third-order valence-electron chi connectivity index (χ3n) is 1.97. The van der Waals surface area contributed by atoms with Crippen LogP contribution in [0.3, 0.4) is 0 Å². The summed E-state index contributed by atoms with van der Waals surface area (Å²) < 4.78 is 4.58. The van der Waals surface area contributed by atoms with Crippen molar-refractivity contribution in [2.75, 3.05) is 19.5 Å².